The van der Waals surface area contributed by atoms with Crippen molar-refractivity contribution in [2.24, 2.45) is 0 Å². The minimum Gasteiger partial charge on any atom is -0.494 e. The van der Waals surface area contributed by atoms with E-state index in [2.05, 4.69) is 28.4 Å². The fourth-order valence-corrected chi connectivity index (χ4v) is 5.70. The Kier molecular flexibility index (Phi) is 7.25. The van der Waals surface area contributed by atoms with Gasteiger partial charge in [-0.15, -0.1) is 0 Å². The molecule has 5 rings (SSSR count). The van der Waals surface area contributed by atoms with E-state index in [0.717, 1.165) is 49.4 Å². The number of carbonyl (C=O) groups is 1. The van der Waals surface area contributed by atoms with Gasteiger partial charge >= 0.3 is 0 Å². The fourth-order valence-electron chi connectivity index (χ4n) is 5.70. The molecule has 3 aromatic carbocycles. The highest BCUT2D eigenvalue weighted by atomic mass is 16.5. The van der Waals surface area contributed by atoms with Crippen LogP contribution in [0.1, 0.15) is 42.5 Å². The number of fused-ring (bicyclic) bond motifs is 2. The number of carbonyl (C=O) groups excluding carboxylic acids is 1. The first-order chi connectivity index (χ1) is 17.6. The quantitative estimate of drug-likeness (QED) is 0.499. The lowest BCUT2D eigenvalue weighted by atomic mass is 9.72. The van der Waals surface area contributed by atoms with Crippen molar-refractivity contribution in [3.63, 3.8) is 0 Å². The third-order valence-electron chi connectivity index (χ3n) is 7.53. The van der Waals surface area contributed by atoms with Gasteiger partial charge in [-0.05, 0) is 73.8 Å². The molecule has 1 aliphatic heterocycles. The van der Waals surface area contributed by atoms with Gasteiger partial charge in [0.2, 0.25) is 0 Å². The third kappa shape index (κ3) is 4.97. The largest absolute Gasteiger partial charge is 0.494 e. The smallest absolute Gasteiger partial charge is 0.258 e. The second-order valence-corrected chi connectivity index (χ2v) is 9.69. The topological polar surface area (TPSA) is 71.0 Å². The molecule has 1 fully saturated rings. The molecule has 2 atom stereocenters. The zero-order valence-electron chi connectivity index (χ0n) is 20.7. The summed E-state index contributed by atoms with van der Waals surface area (Å²) in [4.78, 5) is 15.2. The molecule has 0 bridgehead atoms. The summed E-state index contributed by atoms with van der Waals surface area (Å²) in [6.45, 7) is 5.21. The molecular weight excluding hydrogens is 452 g/mol. The summed E-state index contributed by atoms with van der Waals surface area (Å²) < 4.78 is 11.2. The van der Waals surface area contributed by atoms with Gasteiger partial charge in [-0.25, -0.2) is 0 Å². The molecule has 3 aromatic rings. The van der Waals surface area contributed by atoms with Crippen molar-refractivity contribution in [3.05, 3.63) is 95.6 Å². The summed E-state index contributed by atoms with van der Waals surface area (Å²) in [7, 11) is 0. The van der Waals surface area contributed by atoms with Crippen LogP contribution in [0.5, 0.6) is 11.5 Å². The average molecular weight is 487 g/mol. The number of hydrogen-bond donors (Lipinski definition) is 2. The first-order valence-electron chi connectivity index (χ1n) is 12.8. The molecule has 1 saturated heterocycles. The van der Waals surface area contributed by atoms with E-state index in [1.165, 1.54) is 5.56 Å². The molecular formula is C30H34N2O4. The van der Waals surface area contributed by atoms with Crippen LogP contribution in [-0.2, 0) is 16.8 Å². The predicted molar refractivity (Wildman–Crippen MR) is 139 cm³/mol. The van der Waals surface area contributed by atoms with Gasteiger partial charge in [0, 0.05) is 12.0 Å². The van der Waals surface area contributed by atoms with Crippen LogP contribution in [0.4, 0.5) is 0 Å². The van der Waals surface area contributed by atoms with Gasteiger partial charge in [-0.2, -0.15) is 0 Å². The summed E-state index contributed by atoms with van der Waals surface area (Å²) in [6.07, 6.45) is 1.01. The summed E-state index contributed by atoms with van der Waals surface area (Å²) in [5.74, 6) is 1.31. The molecule has 2 N–H and O–H groups in total. The second-order valence-electron chi connectivity index (χ2n) is 9.69. The molecule has 0 aromatic heterocycles. The molecule has 0 radical (unpaired) electrons. The highest BCUT2D eigenvalue weighted by Crippen LogP contribution is 2.51. The average Bonchev–Trinajstić information content (AvgIpc) is 3.13. The molecule has 0 unspecified atom stereocenters. The number of nitrogens with one attached hydrogen (secondary N) is 1. The Morgan fingerprint density at radius 3 is 2.33 bits per heavy atom. The predicted octanol–water partition coefficient (Wildman–Crippen LogP) is 4.23. The third-order valence-corrected chi connectivity index (χ3v) is 7.53. The number of amides is 1. The molecule has 6 heteroatoms. The SMILES string of the molecule is CCOc1ccc(CN2CCC3(CC2)c2ccccc2[C@@H](NC(=O)COc2ccccc2)[C@@H]3O)cc1. The van der Waals surface area contributed by atoms with Crippen molar-refractivity contribution in [3.8, 4) is 11.5 Å². The minimum absolute atomic E-state index is 0.0851. The number of piperidine rings is 1. The number of ether oxygens (including phenoxy) is 2. The van der Waals surface area contributed by atoms with E-state index in [-0.39, 0.29) is 17.9 Å². The molecule has 1 amide bonds. The van der Waals surface area contributed by atoms with Crippen LogP contribution in [0.25, 0.3) is 0 Å². The standard InChI is InChI=1S/C30H34N2O4/c1-2-35-24-14-12-22(13-15-24)20-32-18-16-30(17-19-32)26-11-7-6-10-25(26)28(29(30)34)31-27(33)21-36-23-8-4-3-5-9-23/h3-15,28-29,34H,2,16-21H2,1H3,(H,31,33)/t28-,29+/m1/s1. The van der Waals surface area contributed by atoms with Gasteiger partial charge in [-0.3, -0.25) is 9.69 Å². The van der Waals surface area contributed by atoms with E-state index in [1.54, 1.807) is 0 Å². The zero-order chi connectivity index (χ0) is 25.0. The van der Waals surface area contributed by atoms with Crippen molar-refractivity contribution in [2.75, 3.05) is 26.3 Å². The number of rotatable bonds is 8. The van der Waals surface area contributed by atoms with Crippen molar-refractivity contribution >= 4 is 5.91 Å². The van der Waals surface area contributed by atoms with Crippen LogP contribution in [0.2, 0.25) is 0 Å². The molecule has 1 heterocycles. The second kappa shape index (κ2) is 10.7. The number of para-hydroxylation sites is 1. The van der Waals surface area contributed by atoms with E-state index in [0.29, 0.717) is 12.4 Å². The Balaban J connectivity index is 1.24. The van der Waals surface area contributed by atoms with Gasteiger partial charge in [0.1, 0.15) is 11.5 Å². The fraction of sp³-hybridized carbons (Fsp3) is 0.367. The lowest BCUT2D eigenvalue weighted by Crippen LogP contribution is -2.49. The van der Waals surface area contributed by atoms with E-state index in [9.17, 15) is 9.90 Å². The van der Waals surface area contributed by atoms with Crippen LogP contribution in [0.15, 0.2) is 78.9 Å². The maximum Gasteiger partial charge on any atom is 0.258 e. The van der Waals surface area contributed by atoms with Gasteiger partial charge < -0.3 is 19.9 Å². The zero-order valence-corrected chi connectivity index (χ0v) is 20.7. The number of aliphatic hydroxyl groups excluding tert-OH is 1. The maximum atomic E-state index is 12.8. The first kappa shape index (κ1) is 24.3. The van der Waals surface area contributed by atoms with Gasteiger partial charge in [0.05, 0.1) is 18.8 Å². The summed E-state index contributed by atoms with van der Waals surface area (Å²) in [5, 5.41) is 14.6. The van der Waals surface area contributed by atoms with Crippen molar-refractivity contribution in [1.29, 1.82) is 0 Å². The lowest BCUT2D eigenvalue weighted by Gasteiger charge is -2.43. The van der Waals surface area contributed by atoms with E-state index in [4.69, 9.17) is 9.47 Å². The Morgan fingerprint density at radius 1 is 0.944 bits per heavy atom. The van der Waals surface area contributed by atoms with Crippen LogP contribution in [0, 0.1) is 0 Å². The molecule has 2 aliphatic rings. The molecule has 188 valence electrons. The number of hydrogen-bond acceptors (Lipinski definition) is 5. The highest BCUT2D eigenvalue weighted by Gasteiger charge is 2.52. The summed E-state index contributed by atoms with van der Waals surface area (Å²) >= 11 is 0. The monoisotopic (exact) mass is 486 g/mol. The van der Waals surface area contributed by atoms with E-state index < -0.39 is 12.1 Å². The van der Waals surface area contributed by atoms with Gasteiger partial charge in [0.15, 0.2) is 6.61 Å². The normalized spacial score (nSPS) is 20.6. The first-order valence-corrected chi connectivity index (χ1v) is 12.8. The molecule has 0 saturated carbocycles. The number of benzene rings is 3. The van der Waals surface area contributed by atoms with Gasteiger partial charge in [0.25, 0.3) is 5.91 Å². The van der Waals surface area contributed by atoms with Crippen LogP contribution in [-0.4, -0.2) is 48.3 Å². The van der Waals surface area contributed by atoms with Gasteiger partial charge in [-0.1, -0.05) is 54.6 Å². The Morgan fingerprint density at radius 2 is 1.61 bits per heavy atom. The van der Waals surface area contributed by atoms with Crippen molar-refractivity contribution < 1.29 is 19.4 Å². The Labute approximate surface area is 212 Å². The minimum atomic E-state index is -0.678. The van der Waals surface area contributed by atoms with Crippen LogP contribution in [0.3, 0.4) is 0 Å². The van der Waals surface area contributed by atoms with E-state index in [1.807, 2.05) is 67.6 Å². The molecule has 1 spiro atoms. The van der Waals surface area contributed by atoms with Crippen LogP contribution >= 0.6 is 0 Å². The van der Waals surface area contributed by atoms with Crippen LogP contribution < -0.4 is 14.8 Å². The van der Waals surface area contributed by atoms with E-state index >= 15 is 0 Å². The number of nitrogens with zero attached hydrogens (tertiary/aromatic N) is 1. The number of likely N-dealkylation sites (tertiary alicyclic amines) is 1. The van der Waals surface area contributed by atoms with Crippen molar-refractivity contribution in [1.82, 2.24) is 10.2 Å². The Bertz CT molecular complexity index is 1160. The number of aliphatic hydroxyl groups is 1. The highest BCUT2D eigenvalue weighted by molar-refractivity contribution is 5.78. The molecule has 36 heavy (non-hydrogen) atoms. The summed E-state index contributed by atoms with van der Waals surface area (Å²) in [5.41, 5.74) is 3.07. The Hall–Kier alpha value is -3.35. The molecule has 1 aliphatic carbocycles. The maximum absolute atomic E-state index is 12.8. The lowest BCUT2D eigenvalue weighted by molar-refractivity contribution is -0.125. The summed E-state index contributed by atoms with van der Waals surface area (Å²) in [6, 6.07) is 25.3. The van der Waals surface area contributed by atoms with Crippen molar-refractivity contribution in [2.45, 2.75) is 43.9 Å². The molecule has 6 nitrogen and oxygen atoms in total.